The Labute approximate surface area is 83.1 Å². The minimum Gasteiger partial charge on any atom is -0.426 e. The van der Waals surface area contributed by atoms with Crippen LogP contribution in [0.15, 0.2) is 23.5 Å². The molecule has 0 radical (unpaired) electrons. The highest BCUT2D eigenvalue weighted by atomic mass is 16.5. The van der Waals surface area contributed by atoms with Crippen molar-refractivity contribution in [3.8, 4) is 0 Å². The number of carbonyl (C=O) groups is 1. The zero-order chi connectivity index (χ0) is 10.5. The second kappa shape index (κ2) is 2.70. The average molecular weight is 194 g/mol. The first kappa shape index (κ1) is 9.46. The molecule has 1 heterocycles. The highest BCUT2D eigenvalue weighted by Gasteiger charge is 2.50. The van der Waals surface area contributed by atoms with Gasteiger partial charge in [0.15, 0.2) is 0 Å². The highest BCUT2D eigenvalue weighted by molar-refractivity contribution is 5.87. The van der Waals surface area contributed by atoms with E-state index in [1.54, 1.807) is 0 Å². The lowest BCUT2D eigenvalue weighted by molar-refractivity contribution is -0.143. The molecule has 0 amide bonds. The number of rotatable bonds is 0. The van der Waals surface area contributed by atoms with Gasteiger partial charge in [-0.3, -0.25) is 4.79 Å². The molecule has 1 aliphatic heterocycles. The number of cyclic esters (lactones) is 1. The van der Waals surface area contributed by atoms with Gasteiger partial charge >= 0.3 is 5.97 Å². The van der Waals surface area contributed by atoms with Crippen LogP contribution in [0.2, 0.25) is 0 Å². The van der Waals surface area contributed by atoms with Gasteiger partial charge in [0.2, 0.25) is 0 Å². The Bertz CT molecular complexity index is 354. The largest absolute Gasteiger partial charge is 0.426 e. The Morgan fingerprint density at radius 1 is 1.64 bits per heavy atom. The van der Waals surface area contributed by atoms with E-state index in [4.69, 9.17) is 4.74 Å². The number of aliphatic hydroxyl groups is 1. The molecule has 2 aliphatic rings. The van der Waals surface area contributed by atoms with E-state index in [-0.39, 0.29) is 5.97 Å². The molecule has 1 saturated heterocycles. The monoisotopic (exact) mass is 194 g/mol. The highest BCUT2D eigenvalue weighted by Crippen LogP contribution is 2.49. The second-order valence-corrected chi connectivity index (χ2v) is 4.26. The summed E-state index contributed by atoms with van der Waals surface area (Å²) in [5.74, 6) is 0.178. The second-order valence-electron chi connectivity index (χ2n) is 4.26. The summed E-state index contributed by atoms with van der Waals surface area (Å²) in [6.45, 7) is 7.40. The van der Waals surface area contributed by atoms with E-state index in [0.717, 1.165) is 11.1 Å². The molecule has 1 N–H and O–H groups in total. The van der Waals surface area contributed by atoms with Crippen LogP contribution in [0.5, 0.6) is 0 Å². The van der Waals surface area contributed by atoms with E-state index in [2.05, 4.69) is 6.58 Å². The molecule has 0 bridgehead atoms. The van der Waals surface area contributed by atoms with Crippen LogP contribution >= 0.6 is 0 Å². The van der Waals surface area contributed by atoms with Gasteiger partial charge in [0, 0.05) is 5.57 Å². The van der Waals surface area contributed by atoms with Crippen LogP contribution < -0.4 is 0 Å². The van der Waals surface area contributed by atoms with Crippen LogP contribution in [0.4, 0.5) is 0 Å². The first-order valence-electron chi connectivity index (χ1n) is 4.77. The molecule has 2 rings (SSSR count). The summed E-state index contributed by atoms with van der Waals surface area (Å²) in [5.41, 5.74) is 1.07. The molecular weight excluding hydrogens is 180 g/mol. The molecule has 0 aromatic heterocycles. The topological polar surface area (TPSA) is 46.5 Å². The van der Waals surface area contributed by atoms with Gasteiger partial charge in [-0.25, -0.2) is 0 Å². The van der Waals surface area contributed by atoms with Gasteiger partial charge in [-0.1, -0.05) is 6.58 Å². The van der Waals surface area contributed by atoms with E-state index in [9.17, 15) is 9.90 Å². The SMILES string of the molecule is C=C1OC(=O)[C@]2(C)CC[C@@H](O)C(C)=C12. The van der Waals surface area contributed by atoms with Gasteiger partial charge < -0.3 is 9.84 Å². The lowest BCUT2D eigenvalue weighted by atomic mass is 9.71. The maximum Gasteiger partial charge on any atom is 0.321 e. The molecule has 2 atom stereocenters. The lowest BCUT2D eigenvalue weighted by Gasteiger charge is -2.30. The zero-order valence-corrected chi connectivity index (χ0v) is 8.46. The van der Waals surface area contributed by atoms with Gasteiger partial charge in [0.25, 0.3) is 0 Å². The normalized spacial score (nSPS) is 37.2. The van der Waals surface area contributed by atoms with Crippen molar-refractivity contribution in [3.63, 3.8) is 0 Å². The van der Waals surface area contributed by atoms with Crippen LogP contribution in [0.1, 0.15) is 26.7 Å². The third-order valence-corrected chi connectivity index (χ3v) is 3.31. The minimum atomic E-state index is -0.569. The summed E-state index contributed by atoms with van der Waals surface area (Å²) in [7, 11) is 0. The van der Waals surface area contributed by atoms with Crippen molar-refractivity contribution < 1.29 is 14.6 Å². The predicted octanol–water partition coefficient (Wildman–Crippen LogP) is 1.53. The molecule has 14 heavy (non-hydrogen) atoms. The number of hydrogen-bond acceptors (Lipinski definition) is 3. The van der Waals surface area contributed by atoms with E-state index < -0.39 is 11.5 Å². The number of hydrogen-bond donors (Lipinski definition) is 1. The summed E-state index contributed by atoms with van der Waals surface area (Å²) >= 11 is 0. The minimum absolute atomic E-state index is 0.233. The number of ether oxygens (including phenoxy) is 1. The van der Waals surface area contributed by atoms with Crippen molar-refractivity contribution >= 4 is 5.97 Å². The third kappa shape index (κ3) is 0.989. The van der Waals surface area contributed by atoms with Crippen LogP contribution in [-0.4, -0.2) is 17.2 Å². The molecule has 0 spiro atoms. The lowest BCUT2D eigenvalue weighted by Crippen LogP contribution is -2.32. The Kier molecular flexibility index (Phi) is 1.83. The number of carbonyl (C=O) groups excluding carboxylic acids is 1. The molecule has 3 heteroatoms. The Morgan fingerprint density at radius 2 is 2.29 bits per heavy atom. The quantitative estimate of drug-likeness (QED) is 0.595. The van der Waals surface area contributed by atoms with Gasteiger partial charge in [0.1, 0.15) is 5.76 Å². The third-order valence-electron chi connectivity index (χ3n) is 3.31. The maximum atomic E-state index is 11.6. The summed E-state index contributed by atoms with van der Waals surface area (Å²) in [6, 6.07) is 0. The van der Waals surface area contributed by atoms with Crippen LogP contribution in [0, 0.1) is 5.41 Å². The van der Waals surface area contributed by atoms with Crippen LogP contribution in [-0.2, 0) is 9.53 Å². The molecular formula is C11H14O3. The summed E-state index contributed by atoms with van der Waals surface area (Å²) in [5, 5.41) is 9.68. The van der Waals surface area contributed by atoms with E-state index in [0.29, 0.717) is 18.6 Å². The van der Waals surface area contributed by atoms with Gasteiger partial charge in [-0.05, 0) is 32.3 Å². The van der Waals surface area contributed by atoms with Gasteiger partial charge in [-0.2, -0.15) is 0 Å². The fraction of sp³-hybridized carbons (Fsp3) is 0.545. The molecule has 0 aromatic rings. The van der Waals surface area contributed by atoms with Crippen LogP contribution in [0.25, 0.3) is 0 Å². The van der Waals surface area contributed by atoms with E-state index >= 15 is 0 Å². The summed E-state index contributed by atoms with van der Waals surface area (Å²) in [4.78, 5) is 11.6. The number of fused-ring (bicyclic) bond motifs is 1. The number of allylic oxidation sites excluding steroid dienone is 1. The number of aliphatic hydroxyl groups excluding tert-OH is 1. The first-order valence-corrected chi connectivity index (χ1v) is 4.77. The molecule has 76 valence electrons. The Hall–Kier alpha value is -1.09. The standard InChI is InChI=1S/C11H14O3/c1-6-8(12)4-5-11(3)9(6)7(2)14-10(11)13/h8,12H,2,4-5H2,1,3H3/t8-,11-/m1/s1. The Balaban J connectivity index is 2.59. The molecule has 1 fully saturated rings. The summed E-state index contributed by atoms with van der Waals surface area (Å²) in [6.07, 6.45) is 0.803. The maximum absolute atomic E-state index is 11.6. The first-order chi connectivity index (χ1) is 6.47. The van der Waals surface area contributed by atoms with Crippen LogP contribution in [0.3, 0.4) is 0 Å². The zero-order valence-electron chi connectivity index (χ0n) is 8.46. The van der Waals surface area contributed by atoms with Crippen molar-refractivity contribution in [2.75, 3.05) is 0 Å². The molecule has 0 aromatic carbocycles. The fourth-order valence-corrected chi connectivity index (χ4v) is 2.38. The molecule has 1 aliphatic carbocycles. The smallest absolute Gasteiger partial charge is 0.321 e. The van der Waals surface area contributed by atoms with Gasteiger partial charge in [-0.15, -0.1) is 0 Å². The molecule has 0 unspecified atom stereocenters. The van der Waals surface area contributed by atoms with E-state index in [1.807, 2.05) is 13.8 Å². The molecule has 3 nitrogen and oxygen atoms in total. The fourth-order valence-electron chi connectivity index (χ4n) is 2.38. The van der Waals surface area contributed by atoms with Crippen molar-refractivity contribution in [1.29, 1.82) is 0 Å². The van der Waals surface area contributed by atoms with Crippen molar-refractivity contribution in [2.45, 2.75) is 32.8 Å². The summed E-state index contributed by atoms with van der Waals surface area (Å²) < 4.78 is 5.03. The van der Waals surface area contributed by atoms with Crippen molar-refractivity contribution in [2.24, 2.45) is 5.41 Å². The average Bonchev–Trinajstić information content (AvgIpc) is 2.33. The predicted molar refractivity (Wildman–Crippen MR) is 51.3 cm³/mol. The van der Waals surface area contributed by atoms with Crippen molar-refractivity contribution in [1.82, 2.24) is 0 Å². The number of esters is 1. The Morgan fingerprint density at radius 3 is 2.93 bits per heavy atom. The van der Waals surface area contributed by atoms with Crippen molar-refractivity contribution in [3.05, 3.63) is 23.5 Å². The van der Waals surface area contributed by atoms with E-state index in [1.165, 1.54) is 0 Å². The van der Waals surface area contributed by atoms with Gasteiger partial charge in [0.05, 0.1) is 11.5 Å². The molecule has 0 saturated carbocycles.